The summed E-state index contributed by atoms with van der Waals surface area (Å²) in [6, 6.07) is 5.11. The van der Waals surface area contributed by atoms with Gasteiger partial charge in [-0.3, -0.25) is 4.79 Å². The zero-order valence-electron chi connectivity index (χ0n) is 9.60. The summed E-state index contributed by atoms with van der Waals surface area (Å²) in [5, 5.41) is 9.75. The number of fused-ring (bicyclic) bond motifs is 1. The van der Waals surface area contributed by atoms with Crippen molar-refractivity contribution in [3.8, 4) is 5.75 Å². The van der Waals surface area contributed by atoms with Gasteiger partial charge in [-0.15, -0.1) is 0 Å². The molecular weight excluding hydrogens is 220 g/mol. The van der Waals surface area contributed by atoms with E-state index in [9.17, 15) is 9.90 Å². The number of hydrogen-bond acceptors (Lipinski definition) is 4. The van der Waals surface area contributed by atoms with Crippen LogP contribution in [-0.2, 0) is 9.47 Å². The average Bonchev–Trinajstić information content (AvgIpc) is 3.01. The Bertz CT molecular complexity index is 476. The van der Waals surface area contributed by atoms with Crippen LogP contribution in [0.2, 0.25) is 0 Å². The van der Waals surface area contributed by atoms with Crippen molar-refractivity contribution in [1.29, 1.82) is 0 Å². The molecule has 17 heavy (non-hydrogen) atoms. The number of ketones is 1. The predicted octanol–water partition coefficient (Wildman–Crippen LogP) is 2.17. The normalized spacial score (nSPS) is 31.1. The molecule has 1 heterocycles. The molecule has 1 saturated heterocycles. The SMILES string of the molecule is CC1(OC2CCC(=O)c3c(O)cccc32)CO1. The number of hydrogen-bond donors (Lipinski definition) is 1. The lowest BCUT2D eigenvalue weighted by Crippen LogP contribution is -2.23. The van der Waals surface area contributed by atoms with Gasteiger partial charge in [0.2, 0.25) is 0 Å². The van der Waals surface area contributed by atoms with E-state index in [1.807, 2.05) is 13.0 Å². The predicted molar refractivity (Wildman–Crippen MR) is 59.9 cm³/mol. The van der Waals surface area contributed by atoms with Crippen LogP contribution in [0.3, 0.4) is 0 Å². The number of epoxide rings is 1. The number of phenols is 1. The van der Waals surface area contributed by atoms with E-state index in [1.165, 1.54) is 6.07 Å². The molecule has 0 radical (unpaired) electrons. The molecule has 3 rings (SSSR count). The largest absolute Gasteiger partial charge is 0.507 e. The van der Waals surface area contributed by atoms with Gasteiger partial charge >= 0.3 is 0 Å². The molecule has 0 bridgehead atoms. The third kappa shape index (κ3) is 1.83. The lowest BCUT2D eigenvalue weighted by Gasteiger charge is -2.26. The van der Waals surface area contributed by atoms with Crippen molar-refractivity contribution in [2.45, 2.75) is 31.7 Å². The fourth-order valence-electron chi connectivity index (χ4n) is 2.27. The first-order chi connectivity index (χ1) is 8.09. The van der Waals surface area contributed by atoms with Crippen LogP contribution in [0.4, 0.5) is 0 Å². The molecule has 2 atom stereocenters. The van der Waals surface area contributed by atoms with Gasteiger partial charge in [0.1, 0.15) is 12.4 Å². The lowest BCUT2D eigenvalue weighted by molar-refractivity contribution is -0.0851. The molecule has 1 aliphatic carbocycles. The molecule has 4 nitrogen and oxygen atoms in total. The number of phenolic OH excluding ortho intramolecular Hbond substituents is 1. The fourth-order valence-corrected chi connectivity index (χ4v) is 2.27. The standard InChI is InChI=1S/C13H14O4/c1-13(7-16-13)17-11-6-5-10(15)12-8(11)3-2-4-9(12)14/h2-4,11,14H,5-7H2,1H3. The van der Waals surface area contributed by atoms with Gasteiger partial charge in [-0.2, -0.15) is 0 Å². The second-order valence-corrected chi connectivity index (χ2v) is 4.73. The Morgan fingerprint density at radius 2 is 2.29 bits per heavy atom. The Morgan fingerprint density at radius 1 is 1.53 bits per heavy atom. The van der Waals surface area contributed by atoms with Gasteiger partial charge < -0.3 is 14.6 Å². The Hall–Kier alpha value is -1.39. The Kier molecular flexibility index (Phi) is 2.24. The fraction of sp³-hybridized carbons (Fsp3) is 0.462. The van der Waals surface area contributed by atoms with Crippen LogP contribution < -0.4 is 0 Å². The molecule has 0 spiro atoms. The molecule has 0 aromatic heterocycles. The first kappa shape index (κ1) is 10.7. The molecule has 90 valence electrons. The van der Waals surface area contributed by atoms with E-state index >= 15 is 0 Å². The zero-order chi connectivity index (χ0) is 12.0. The highest BCUT2D eigenvalue weighted by atomic mass is 16.8. The molecule has 2 aliphatic rings. The molecule has 0 amide bonds. The van der Waals surface area contributed by atoms with E-state index in [2.05, 4.69) is 0 Å². The molecule has 0 saturated carbocycles. The molecule has 1 aromatic carbocycles. The highest BCUT2D eigenvalue weighted by Crippen LogP contribution is 2.41. The van der Waals surface area contributed by atoms with Gasteiger partial charge in [-0.1, -0.05) is 12.1 Å². The second kappa shape index (κ2) is 3.55. The number of carbonyl (C=O) groups is 1. The summed E-state index contributed by atoms with van der Waals surface area (Å²) in [6.45, 7) is 2.47. The highest BCUT2D eigenvalue weighted by molar-refractivity contribution is 6.01. The number of Topliss-reactive ketones (excluding diaryl/α,β-unsaturated/α-hetero) is 1. The van der Waals surface area contributed by atoms with Crippen LogP contribution in [0.1, 0.15) is 41.8 Å². The van der Waals surface area contributed by atoms with Crippen LogP contribution >= 0.6 is 0 Å². The second-order valence-electron chi connectivity index (χ2n) is 4.73. The quantitative estimate of drug-likeness (QED) is 0.797. The van der Waals surface area contributed by atoms with E-state index in [0.29, 0.717) is 25.0 Å². The third-order valence-corrected chi connectivity index (χ3v) is 3.28. The van der Waals surface area contributed by atoms with E-state index in [-0.39, 0.29) is 17.6 Å². The minimum Gasteiger partial charge on any atom is -0.507 e. The van der Waals surface area contributed by atoms with E-state index < -0.39 is 5.79 Å². The molecule has 1 fully saturated rings. The van der Waals surface area contributed by atoms with Crippen molar-refractivity contribution in [2.24, 2.45) is 0 Å². The summed E-state index contributed by atoms with van der Waals surface area (Å²) in [7, 11) is 0. The van der Waals surface area contributed by atoms with Crippen LogP contribution in [0, 0.1) is 0 Å². The minimum absolute atomic E-state index is 0.0141. The zero-order valence-corrected chi connectivity index (χ0v) is 9.60. The van der Waals surface area contributed by atoms with Gasteiger partial charge in [-0.05, 0) is 25.0 Å². The molecule has 1 aliphatic heterocycles. The Labute approximate surface area is 99.2 Å². The highest BCUT2D eigenvalue weighted by Gasteiger charge is 2.44. The summed E-state index contributed by atoms with van der Waals surface area (Å²) >= 11 is 0. The number of aromatic hydroxyl groups is 1. The maximum atomic E-state index is 11.8. The molecule has 1 aromatic rings. The Morgan fingerprint density at radius 3 is 3.00 bits per heavy atom. The first-order valence-electron chi connectivity index (χ1n) is 5.76. The summed E-state index contributed by atoms with van der Waals surface area (Å²) in [5.41, 5.74) is 1.19. The van der Waals surface area contributed by atoms with Gasteiger partial charge in [0.05, 0.1) is 11.7 Å². The minimum atomic E-state index is -0.506. The van der Waals surface area contributed by atoms with Gasteiger partial charge in [0, 0.05) is 6.42 Å². The molecular formula is C13H14O4. The maximum absolute atomic E-state index is 11.8. The van der Waals surface area contributed by atoms with E-state index in [1.54, 1.807) is 6.07 Å². The van der Waals surface area contributed by atoms with Crippen LogP contribution in [0.5, 0.6) is 5.75 Å². The van der Waals surface area contributed by atoms with Crippen molar-refractivity contribution in [2.75, 3.05) is 6.61 Å². The average molecular weight is 234 g/mol. The number of benzene rings is 1. The van der Waals surface area contributed by atoms with Crippen molar-refractivity contribution in [3.05, 3.63) is 29.3 Å². The van der Waals surface area contributed by atoms with Gasteiger partial charge in [0.25, 0.3) is 0 Å². The van der Waals surface area contributed by atoms with Crippen molar-refractivity contribution in [1.82, 2.24) is 0 Å². The number of ether oxygens (including phenoxy) is 2. The summed E-state index contributed by atoms with van der Waals surface area (Å²) in [5.74, 6) is -0.476. The maximum Gasteiger partial charge on any atom is 0.190 e. The monoisotopic (exact) mass is 234 g/mol. The smallest absolute Gasteiger partial charge is 0.190 e. The third-order valence-electron chi connectivity index (χ3n) is 3.28. The number of rotatable bonds is 2. The lowest BCUT2D eigenvalue weighted by atomic mass is 9.87. The summed E-state index contributed by atoms with van der Waals surface area (Å²) in [4.78, 5) is 11.8. The number of carbonyl (C=O) groups excluding carboxylic acids is 1. The van der Waals surface area contributed by atoms with Crippen LogP contribution in [0.25, 0.3) is 0 Å². The first-order valence-corrected chi connectivity index (χ1v) is 5.76. The van der Waals surface area contributed by atoms with Gasteiger partial charge in [0.15, 0.2) is 11.6 Å². The van der Waals surface area contributed by atoms with E-state index in [0.717, 1.165) is 5.56 Å². The summed E-state index contributed by atoms with van der Waals surface area (Å²) in [6.07, 6.45) is 0.891. The molecule has 2 unspecified atom stereocenters. The van der Waals surface area contributed by atoms with Crippen molar-refractivity contribution < 1.29 is 19.4 Å². The van der Waals surface area contributed by atoms with E-state index in [4.69, 9.17) is 9.47 Å². The van der Waals surface area contributed by atoms with Crippen molar-refractivity contribution >= 4 is 5.78 Å². The summed E-state index contributed by atoms with van der Waals surface area (Å²) < 4.78 is 11.0. The topological polar surface area (TPSA) is 59.1 Å². The van der Waals surface area contributed by atoms with Crippen LogP contribution in [0.15, 0.2) is 18.2 Å². The van der Waals surface area contributed by atoms with Crippen LogP contribution in [-0.4, -0.2) is 23.3 Å². The van der Waals surface area contributed by atoms with Crippen molar-refractivity contribution in [3.63, 3.8) is 0 Å². The Balaban J connectivity index is 1.97. The molecule has 1 N–H and O–H groups in total. The van der Waals surface area contributed by atoms with Gasteiger partial charge in [-0.25, -0.2) is 0 Å². The molecule has 4 heteroatoms.